The predicted octanol–water partition coefficient (Wildman–Crippen LogP) is 3.21. The molecular formula is C29H35N3O7. The number of para-hydroxylation sites is 1. The number of ketones is 1. The van der Waals surface area contributed by atoms with Crippen LogP contribution < -0.4 is 16.0 Å². The van der Waals surface area contributed by atoms with Crippen molar-refractivity contribution in [2.24, 2.45) is 0 Å². The minimum Gasteiger partial charge on any atom is -0.464 e. The first-order valence-electron chi connectivity index (χ1n) is 13.0. The summed E-state index contributed by atoms with van der Waals surface area (Å²) in [6.07, 6.45) is 1.76. The average molecular weight is 538 g/mol. The molecule has 0 aliphatic carbocycles. The number of amides is 3. The van der Waals surface area contributed by atoms with Crippen molar-refractivity contribution in [3.8, 4) is 0 Å². The second-order valence-corrected chi connectivity index (χ2v) is 8.85. The zero-order valence-corrected chi connectivity index (χ0v) is 22.2. The van der Waals surface area contributed by atoms with E-state index >= 15 is 0 Å². The molecule has 10 nitrogen and oxygen atoms in total. The molecule has 2 aromatic carbocycles. The summed E-state index contributed by atoms with van der Waals surface area (Å²) in [6, 6.07) is 12.2. The van der Waals surface area contributed by atoms with E-state index in [-0.39, 0.29) is 30.7 Å². The van der Waals surface area contributed by atoms with Crippen LogP contribution in [-0.2, 0) is 23.9 Å². The van der Waals surface area contributed by atoms with E-state index < -0.39 is 48.0 Å². The third-order valence-electron chi connectivity index (χ3n) is 5.71. The van der Waals surface area contributed by atoms with Crippen molar-refractivity contribution in [1.82, 2.24) is 10.6 Å². The van der Waals surface area contributed by atoms with Crippen molar-refractivity contribution in [3.63, 3.8) is 0 Å². The Labute approximate surface area is 227 Å². The van der Waals surface area contributed by atoms with E-state index in [2.05, 4.69) is 16.0 Å². The molecule has 2 unspecified atom stereocenters. The third kappa shape index (κ3) is 10.1. The number of esters is 1. The Morgan fingerprint density at radius 2 is 1.56 bits per heavy atom. The first kappa shape index (κ1) is 30.9. The maximum Gasteiger partial charge on any atom is 0.329 e. The quantitative estimate of drug-likeness (QED) is 0.129. The van der Waals surface area contributed by atoms with Gasteiger partial charge in [0.2, 0.25) is 11.8 Å². The molecule has 39 heavy (non-hydrogen) atoms. The number of carbonyl (C=O) groups excluding carboxylic acids is 6. The molecule has 2 rings (SSSR count). The number of benzene rings is 2. The summed E-state index contributed by atoms with van der Waals surface area (Å²) in [5.41, 5.74) is 0.789. The van der Waals surface area contributed by atoms with Crippen LogP contribution in [0.2, 0.25) is 0 Å². The second kappa shape index (κ2) is 16.5. The van der Waals surface area contributed by atoms with Crippen molar-refractivity contribution in [2.45, 2.75) is 64.5 Å². The second-order valence-electron chi connectivity index (χ2n) is 8.85. The lowest BCUT2D eigenvalue weighted by atomic mass is 10.0. The first-order chi connectivity index (χ1) is 18.8. The molecule has 0 aliphatic heterocycles. The van der Waals surface area contributed by atoms with Crippen LogP contribution in [0, 0.1) is 0 Å². The minimum absolute atomic E-state index is 0.124. The summed E-state index contributed by atoms with van der Waals surface area (Å²) in [5.74, 6) is -2.97. The van der Waals surface area contributed by atoms with Gasteiger partial charge in [0.05, 0.1) is 12.3 Å². The molecule has 2 atom stereocenters. The summed E-state index contributed by atoms with van der Waals surface area (Å²) < 4.78 is 5.13. The number of anilines is 1. The van der Waals surface area contributed by atoms with Crippen molar-refractivity contribution < 1.29 is 33.5 Å². The fraction of sp³-hybridized carbons (Fsp3) is 0.379. The molecule has 0 bridgehead atoms. The topological polar surface area (TPSA) is 148 Å². The summed E-state index contributed by atoms with van der Waals surface area (Å²) in [6.45, 7) is 3.85. The van der Waals surface area contributed by atoms with Gasteiger partial charge in [0, 0.05) is 30.4 Å². The smallest absolute Gasteiger partial charge is 0.329 e. The lowest BCUT2D eigenvalue weighted by Crippen LogP contribution is -2.52. The Bertz CT molecular complexity index is 1150. The van der Waals surface area contributed by atoms with Crippen molar-refractivity contribution >= 4 is 41.4 Å². The van der Waals surface area contributed by atoms with Gasteiger partial charge in [-0.15, -0.1) is 0 Å². The minimum atomic E-state index is -1.33. The Kier molecular flexibility index (Phi) is 13.1. The molecule has 0 aliphatic rings. The van der Waals surface area contributed by atoms with Crippen LogP contribution in [0.25, 0.3) is 0 Å². The Morgan fingerprint density at radius 3 is 2.23 bits per heavy atom. The van der Waals surface area contributed by atoms with Gasteiger partial charge in [-0.3, -0.25) is 19.2 Å². The molecule has 0 heterocycles. The van der Waals surface area contributed by atoms with Crippen LogP contribution in [0.4, 0.5) is 5.69 Å². The van der Waals surface area contributed by atoms with E-state index in [1.54, 1.807) is 55.5 Å². The molecule has 208 valence electrons. The van der Waals surface area contributed by atoms with Crippen LogP contribution in [0.5, 0.6) is 0 Å². The molecule has 3 amide bonds. The maximum absolute atomic E-state index is 13.3. The molecule has 0 fully saturated rings. The van der Waals surface area contributed by atoms with Crippen LogP contribution in [-0.4, -0.2) is 54.5 Å². The van der Waals surface area contributed by atoms with Gasteiger partial charge in [0.1, 0.15) is 18.4 Å². The Morgan fingerprint density at radius 1 is 0.872 bits per heavy atom. The third-order valence-corrected chi connectivity index (χ3v) is 5.71. The predicted molar refractivity (Wildman–Crippen MR) is 145 cm³/mol. The lowest BCUT2D eigenvalue weighted by Gasteiger charge is -2.22. The van der Waals surface area contributed by atoms with E-state index in [1.165, 1.54) is 6.07 Å². The first-order valence-corrected chi connectivity index (χ1v) is 13.0. The van der Waals surface area contributed by atoms with E-state index in [1.807, 2.05) is 6.92 Å². The summed E-state index contributed by atoms with van der Waals surface area (Å²) in [5, 5.41) is 7.69. The van der Waals surface area contributed by atoms with Crippen molar-refractivity contribution in [3.05, 3.63) is 65.7 Å². The summed E-state index contributed by atoms with van der Waals surface area (Å²) >= 11 is 0. The highest BCUT2D eigenvalue weighted by molar-refractivity contribution is 6.10. The number of hydrogen-bond acceptors (Lipinski definition) is 7. The fourth-order valence-electron chi connectivity index (χ4n) is 3.62. The number of carbonyl (C=O) groups is 6. The number of aldehydes is 1. The monoisotopic (exact) mass is 537 g/mol. The van der Waals surface area contributed by atoms with Gasteiger partial charge in [-0.1, -0.05) is 50.6 Å². The number of hydrogen-bond donors (Lipinski definition) is 3. The standard InChI is InChI=1S/C29H35N3O7/c1-3-5-18-39-29(38)23(16-17-33)32-28(37)24(30-26(35)11-4-2)19-25(34)21-14-9-10-15-22(21)31-27(36)20-12-7-6-8-13-20/h6-10,12-15,17,23-24H,3-5,11,16,18-19H2,1-2H3,(H,30,35)(H,31,36)(H,32,37). The highest BCUT2D eigenvalue weighted by Crippen LogP contribution is 2.19. The molecule has 3 N–H and O–H groups in total. The van der Waals surface area contributed by atoms with E-state index in [0.717, 1.165) is 6.42 Å². The molecule has 0 saturated carbocycles. The van der Waals surface area contributed by atoms with Gasteiger partial charge in [-0.2, -0.15) is 0 Å². The van der Waals surface area contributed by atoms with E-state index in [9.17, 15) is 28.8 Å². The molecule has 0 aromatic heterocycles. The average Bonchev–Trinajstić information content (AvgIpc) is 2.93. The van der Waals surface area contributed by atoms with Crippen LogP contribution in [0.3, 0.4) is 0 Å². The van der Waals surface area contributed by atoms with Crippen LogP contribution >= 0.6 is 0 Å². The van der Waals surface area contributed by atoms with Gasteiger partial charge in [-0.25, -0.2) is 4.79 Å². The van der Waals surface area contributed by atoms with Gasteiger partial charge >= 0.3 is 5.97 Å². The number of rotatable bonds is 16. The number of unbranched alkanes of at least 4 members (excludes halogenated alkanes) is 1. The van der Waals surface area contributed by atoms with Crippen molar-refractivity contribution in [1.29, 1.82) is 0 Å². The Hall–Kier alpha value is -4.34. The van der Waals surface area contributed by atoms with Crippen LogP contribution in [0.15, 0.2) is 54.6 Å². The molecule has 0 saturated heterocycles. The van der Waals surface area contributed by atoms with E-state index in [4.69, 9.17) is 4.74 Å². The highest BCUT2D eigenvalue weighted by atomic mass is 16.5. The van der Waals surface area contributed by atoms with E-state index in [0.29, 0.717) is 24.7 Å². The number of ether oxygens (including phenoxy) is 1. The van der Waals surface area contributed by atoms with Crippen LogP contribution in [0.1, 0.15) is 73.1 Å². The van der Waals surface area contributed by atoms with Gasteiger partial charge in [0.25, 0.3) is 5.91 Å². The normalized spacial score (nSPS) is 11.9. The maximum atomic E-state index is 13.3. The molecule has 2 aromatic rings. The molecule has 10 heteroatoms. The zero-order chi connectivity index (χ0) is 28.6. The number of Topliss-reactive ketones (excluding diaryl/α,β-unsaturated/α-hetero) is 1. The zero-order valence-electron chi connectivity index (χ0n) is 22.2. The van der Waals surface area contributed by atoms with Gasteiger partial charge < -0.3 is 25.5 Å². The summed E-state index contributed by atoms with van der Waals surface area (Å²) in [7, 11) is 0. The lowest BCUT2D eigenvalue weighted by molar-refractivity contribution is -0.149. The molecular weight excluding hydrogens is 502 g/mol. The van der Waals surface area contributed by atoms with Crippen molar-refractivity contribution in [2.75, 3.05) is 11.9 Å². The van der Waals surface area contributed by atoms with Gasteiger partial charge in [-0.05, 0) is 37.1 Å². The SMILES string of the molecule is CCCCOC(=O)C(CC=O)NC(=O)C(CC(=O)c1ccccc1NC(=O)c1ccccc1)NC(=O)CCC. The Balaban J connectivity index is 2.23. The highest BCUT2D eigenvalue weighted by Gasteiger charge is 2.30. The number of nitrogens with one attached hydrogen (secondary N) is 3. The fourth-order valence-corrected chi connectivity index (χ4v) is 3.62. The largest absolute Gasteiger partial charge is 0.464 e. The molecule has 0 spiro atoms. The van der Waals surface area contributed by atoms with Gasteiger partial charge in [0.15, 0.2) is 5.78 Å². The molecule has 0 radical (unpaired) electrons. The summed E-state index contributed by atoms with van der Waals surface area (Å²) in [4.78, 5) is 75.0.